The molecule has 0 radical (unpaired) electrons. The summed E-state index contributed by atoms with van der Waals surface area (Å²) in [6.07, 6.45) is 0. The van der Waals surface area contributed by atoms with Crippen LogP contribution < -0.4 is 5.73 Å². The van der Waals surface area contributed by atoms with E-state index in [-0.39, 0.29) is 6.04 Å². The molecule has 3 rings (SSSR count). The zero-order valence-corrected chi connectivity index (χ0v) is 11.2. The molecule has 1 unspecified atom stereocenters. The van der Waals surface area contributed by atoms with Crippen molar-refractivity contribution in [3.8, 4) is 0 Å². The van der Waals surface area contributed by atoms with Crippen LogP contribution in [0.5, 0.6) is 0 Å². The van der Waals surface area contributed by atoms with Gasteiger partial charge in [-0.3, -0.25) is 0 Å². The summed E-state index contributed by atoms with van der Waals surface area (Å²) in [7, 11) is 0. The summed E-state index contributed by atoms with van der Waals surface area (Å²) in [5, 5.41) is 1.08. The van der Waals surface area contributed by atoms with E-state index in [1.54, 1.807) is 0 Å². The molecule has 1 atom stereocenters. The number of nitrogens with two attached hydrogens (primary N) is 1. The van der Waals surface area contributed by atoms with E-state index in [0.29, 0.717) is 0 Å². The zero-order valence-electron chi connectivity index (χ0n) is 9.64. The molecule has 0 saturated heterocycles. The number of hydrogen-bond acceptors (Lipinski definition) is 2. The Morgan fingerprint density at radius 1 is 1.00 bits per heavy atom. The van der Waals surface area contributed by atoms with Crippen LogP contribution in [0.25, 0.3) is 11.0 Å². The molecule has 0 saturated carbocycles. The molecule has 3 heteroatoms. The quantitative estimate of drug-likeness (QED) is 0.769. The van der Waals surface area contributed by atoms with Gasteiger partial charge >= 0.3 is 0 Å². The normalized spacial score (nSPS) is 12.8. The SMILES string of the molecule is NC(c1cc2ccccc2o1)c1ccccc1Br. The molecule has 2 aromatic carbocycles. The highest BCUT2D eigenvalue weighted by molar-refractivity contribution is 9.10. The van der Waals surface area contributed by atoms with E-state index in [0.717, 1.165) is 26.8 Å². The average Bonchev–Trinajstić information content (AvgIpc) is 2.82. The second-order valence-electron chi connectivity index (χ2n) is 4.19. The summed E-state index contributed by atoms with van der Waals surface area (Å²) in [6.45, 7) is 0. The monoisotopic (exact) mass is 301 g/mol. The summed E-state index contributed by atoms with van der Waals surface area (Å²) in [6, 6.07) is 17.6. The van der Waals surface area contributed by atoms with Crippen molar-refractivity contribution in [3.05, 3.63) is 70.4 Å². The van der Waals surface area contributed by atoms with Crippen LogP contribution in [0.3, 0.4) is 0 Å². The van der Waals surface area contributed by atoms with Crippen LogP contribution in [0.15, 0.2) is 63.5 Å². The Morgan fingerprint density at radius 2 is 1.72 bits per heavy atom. The van der Waals surface area contributed by atoms with E-state index in [2.05, 4.69) is 15.9 Å². The number of halogens is 1. The Balaban J connectivity index is 2.07. The lowest BCUT2D eigenvalue weighted by atomic mass is 10.1. The van der Waals surface area contributed by atoms with Crippen molar-refractivity contribution in [3.63, 3.8) is 0 Å². The van der Waals surface area contributed by atoms with Crippen molar-refractivity contribution in [1.29, 1.82) is 0 Å². The second kappa shape index (κ2) is 4.59. The van der Waals surface area contributed by atoms with Gasteiger partial charge in [0.25, 0.3) is 0 Å². The Kier molecular flexibility index (Phi) is 2.94. The maximum absolute atomic E-state index is 6.26. The summed E-state index contributed by atoms with van der Waals surface area (Å²) < 4.78 is 6.79. The fourth-order valence-corrected chi connectivity index (χ4v) is 2.57. The minimum atomic E-state index is -0.257. The summed E-state index contributed by atoms with van der Waals surface area (Å²) in [4.78, 5) is 0. The third kappa shape index (κ3) is 1.96. The van der Waals surface area contributed by atoms with Gasteiger partial charge in [0.15, 0.2) is 0 Å². The van der Waals surface area contributed by atoms with Gasteiger partial charge in [0, 0.05) is 9.86 Å². The fraction of sp³-hybridized carbons (Fsp3) is 0.0667. The first-order valence-electron chi connectivity index (χ1n) is 5.74. The molecule has 18 heavy (non-hydrogen) atoms. The van der Waals surface area contributed by atoms with Crippen molar-refractivity contribution in [2.24, 2.45) is 5.73 Å². The van der Waals surface area contributed by atoms with Gasteiger partial charge in [0.2, 0.25) is 0 Å². The van der Waals surface area contributed by atoms with E-state index in [9.17, 15) is 0 Å². The predicted molar refractivity (Wildman–Crippen MR) is 76.4 cm³/mol. The van der Waals surface area contributed by atoms with Gasteiger partial charge in [-0.25, -0.2) is 0 Å². The number of hydrogen-bond donors (Lipinski definition) is 1. The lowest BCUT2D eigenvalue weighted by Gasteiger charge is -2.10. The Labute approximate surface area is 114 Å². The maximum Gasteiger partial charge on any atom is 0.134 e. The molecular formula is C15H12BrNO. The molecule has 3 aromatic rings. The van der Waals surface area contributed by atoms with Crippen molar-refractivity contribution in [2.45, 2.75) is 6.04 Å². The van der Waals surface area contributed by atoms with Crippen LogP contribution in [-0.2, 0) is 0 Å². The third-order valence-corrected chi connectivity index (χ3v) is 3.71. The molecule has 2 N–H and O–H groups in total. The van der Waals surface area contributed by atoms with Crippen molar-refractivity contribution < 1.29 is 4.42 Å². The Hall–Kier alpha value is -1.58. The molecule has 0 aliphatic heterocycles. The van der Waals surface area contributed by atoms with E-state index in [1.807, 2.05) is 54.6 Å². The fourth-order valence-electron chi connectivity index (χ4n) is 2.04. The number of para-hydroxylation sites is 1. The van der Waals surface area contributed by atoms with Crippen LogP contribution in [0.1, 0.15) is 17.4 Å². The highest BCUT2D eigenvalue weighted by Gasteiger charge is 2.16. The molecule has 1 heterocycles. The number of rotatable bonds is 2. The molecule has 0 aliphatic rings. The highest BCUT2D eigenvalue weighted by atomic mass is 79.9. The summed E-state index contributed by atoms with van der Waals surface area (Å²) in [5.41, 5.74) is 8.15. The van der Waals surface area contributed by atoms with Gasteiger partial charge in [-0.15, -0.1) is 0 Å². The second-order valence-corrected chi connectivity index (χ2v) is 5.04. The number of benzene rings is 2. The van der Waals surface area contributed by atoms with E-state index < -0.39 is 0 Å². The van der Waals surface area contributed by atoms with Gasteiger partial charge in [-0.1, -0.05) is 52.3 Å². The topological polar surface area (TPSA) is 39.2 Å². The van der Waals surface area contributed by atoms with Crippen LogP contribution in [-0.4, -0.2) is 0 Å². The molecule has 1 aromatic heterocycles. The number of furan rings is 1. The largest absolute Gasteiger partial charge is 0.459 e. The summed E-state index contributed by atoms with van der Waals surface area (Å²) >= 11 is 3.52. The minimum Gasteiger partial charge on any atom is -0.459 e. The van der Waals surface area contributed by atoms with Gasteiger partial charge in [-0.05, 0) is 23.8 Å². The highest BCUT2D eigenvalue weighted by Crippen LogP contribution is 2.30. The molecule has 0 spiro atoms. The summed E-state index contributed by atoms with van der Waals surface area (Å²) in [5.74, 6) is 0.781. The third-order valence-electron chi connectivity index (χ3n) is 2.99. The van der Waals surface area contributed by atoms with Gasteiger partial charge in [0.1, 0.15) is 11.3 Å². The standard InChI is InChI=1S/C15H12BrNO/c16-12-7-3-2-6-11(12)15(17)14-9-10-5-1-4-8-13(10)18-14/h1-9,15H,17H2. The first-order chi connectivity index (χ1) is 8.75. The zero-order chi connectivity index (χ0) is 12.5. The van der Waals surface area contributed by atoms with E-state index in [4.69, 9.17) is 10.2 Å². The van der Waals surface area contributed by atoms with Crippen LogP contribution in [0, 0.1) is 0 Å². The smallest absolute Gasteiger partial charge is 0.134 e. The molecule has 0 bridgehead atoms. The van der Waals surface area contributed by atoms with Crippen LogP contribution >= 0.6 is 15.9 Å². The van der Waals surface area contributed by atoms with E-state index >= 15 is 0 Å². The lowest BCUT2D eigenvalue weighted by Crippen LogP contribution is -2.11. The van der Waals surface area contributed by atoms with Crippen LogP contribution in [0.2, 0.25) is 0 Å². The maximum atomic E-state index is 6.26. The average molecular weight is 302 g/mol. The predicted octanol–water partition coefficient (Wildman–Crippen LogP) is 4.24. The molecular weight excluding hydrogens is 290 g/mol. The van der Waals surface area contributed by atoms with Crippen molar-refractivity contribution in [1.82, 2.24) is 0 Å². The first kappa shape index (κ1) is 11.5. The van der Waals surface area contributed by atoms with Gasteiger partial charge in [-0.2, -0.15) is 0 Å². The number of fused-ring (bicyclic) bond motifs is 1. The molecule has 2 nitrogen and oxygen atoms in total. The first-order valence-corrected chi connectivity index (χ1v) is 6.53. The molecule has 90 valence electrons. The Morgan fingerprint density at radius 3 is 2.50 bits per heavy atom. The minimum absolute atomic E-state index is 0.257. The lowest BCUT2D eigenvalue weighted by molar-refractivity contribution is 0.524. The van der Waals surface area contributed by atoms with Crippen LogP contribution in [0.4, 0.5) is 0 Å². The molecule has 0 aliphatic carbocycles. The van der Waals surface area contributed by atoms with Gasteiger partial charge < -0.3 is 10.2 Å². The Bertz CT molecular complexity index is 657. The van der Waals surface area contributed by atoms with E-state index in [1.165, 1.54) is 0 Å². The van der Waals surface area contributed by atoms with Crippen molar-refractivity contribution >= 4 is 26.9 Å². The van der Waals surface area contributed by atoms with Crippen molar-refractivity contribution in [2.75, 3.05) is 0 Å². The molecule has 0 amide bonds. The van der Waals surface area contributed by atoms with Gasteiger partial charge in [0.05, 0.1) is 6.04 Å². The molecule has 0 fully saturated rings.